The SMILES string of the molecule is O=C(O)/C1=C/CN=C/C=N\CS1. The van der Waals surface area contributed by atoms with Gasteiger partial charge in [-0.2, -0.15) is 0 Å². The molecule has 1 heterocycles. The maximum absolute atomic E-state index is 10.5. The highest BCUT2D eigenvalue weighted by molar-refractivity contribution is 8.03. The summed E-state index contributed by atoms with van der Waals surface area (Å²) in [6, 6.07) is 0. The Morgan fingerprint density at radius 1 is 1.50 bits per heavy atom. The van der Waals surface area contributed by atoms with Crippen LogP contribution in [0.5, 0.6) is 0 Å². The first kappa shape index (κ1) is 8.99. The van der Waals surface area contributed by atoms with Crippen LogP contribution in [-0.4, -0.2) is 35.9 Å². The first-order valence-corrected chi connectivity index (χ1v) is 4.34. The summed E-state index contributed by atoms with van der Waals surface area (Å²) in [5, 5.41) is 8.65. The number of hydrogen-bond acceptors (Lipinski definition) is 4. The zero-order chi connectivity index (χ0) is 8.81. The minimum atomic E-state index is -0.910. The van der Waals surface area contributed by atoms with Gasteiger partial charge in [-0.05, 0) is 6.08 Å². The van der Waals surface area contributed by atoms with Crippen LogP contribution in [0.3, 0.4) is 0 Å². The molecule has 0 bridgehead atoms. The molecule has 0 radical (unpaired) electrons. The van der Waals surface area contributed by atoms with Crippen molar-refractivity contribution in [3.63, 3.8) is 0 Å². The fourth-order valence-corrected chi connectivity index (χ4v) is 1.26. The topological polar surface area (TPSA) is 62.0 Å². The van der Waals surface area contributed by atoms with Gasteiger partial charge in [-0.25, -0.2) is 4.79 Å². The Hall–Kier alpha value is -1.10. The van der Waals surface area contributed by atoms with E-state index in [1.165, 1.54) is 11.8 Å². The molecular formula is C7H8N2O2S. The second kappa shape index (κ2) is 4.71. The summed E-state index contributed by atoms with van der Waals surface area (Å²) in [7, 11) is 0. The van der Waals surface area contributed by atoms with Crippen molar-refractivity contribution in [3.8, 4) is 0 Å². The summed E-state index contributed by atoms with van der Waals surface area (Å²) in [5.74, 6) is -0.475. The van der Waals surface area contributed by atoms with Crippen molar-refractivity contribution in [1.82, 2.24) is 0 Å². The van der Waals surface area contributed by atoms with E-state index in [0.717, 1.165) is 0 Å². The van der Waals surface area contributed by atoms with Crippen molar-refractivity contribution >= 4 is 30.2 Å². The van der Waals surface area contributed by atoms with E-state index in [0.29, 0.717) is 17.3 Å². The smallest absolute Gasteiger partial charge is 0.341 e. The van der Waals surface area contributed by atoms with E-state index in [2.05, 4.69) is 9.98 Å². The molecule has 12 heavy (non-hydrogen) atoms. The predicted octanol–water partition coefficient (Wildman–Crippen LogP) is 0.801. The van der Waals surface area contributed by atoms with Crippen molar-refractivity contribution in [1.29, 1.82) is 0 Å². The third-order valence-electron chi connectivity index (χ3n) is 1.16. The van der Waals surface area contributed by atoms with Crippen molar-refractivity contribution in [2.75, 3.05) is 12.4 Å². The lowest BCUT2D eigenvalue weighted by Gasteiger charge is -1.96. The van der Waals surface area contributed by atoms with Gasteiger partial charge in [-0.3, -0.25) is 9.98 Å². The summed E-state index contributed by atoms with van der Waals surface area (Å²) in [6.45, 7) is 0.403. The normalized spacial score (nSPS) is 24.5. The van der Waals surface area contributed by atoms with Crippen LogP contribution in [0.4, 0.5) is 0 Å². The lowest BCUT2D eigenvalue weighted by atomic mass is 10.5. The molecule has 0 aromatic heterocycles. The van der Waals surface area contributed by atoms with Crippen LogP contribution < -0.4 is 0 Å². The molecule has 0 fully saturated rings. The first-order chi connectivity index (χ1) is 5.80. The molecule has 1 rings (SSSR count). The number of hydrogen-bond donors (Lipinski definition) is 1. The summed E-state index contributed by atoms with van der Waals surface area (Å²) >= 11 is 1.20. The van der Waals surface area contributed by atoms with Crippen LogP contribution in [0.1, 0.15) is 0 Å². The Morgan fingerprint density at radius 2 is 2.25 bits per heavy atom. The molecule has 0 saturated carbocycles. The van der Waals surface area contributed by atoms with E-state index in [-0.39, 0.29) is 0 Å². The fourth-order valence-electron chi connectivity index (χ4n) is 0.649. The Labute approximate surface area is 74.1 Å². The molecule has 64 valence electrons. The second-order valence-electron chi connectivity index (χ2n) is 1.99. The maximum atomic E-state index is 10.5. The zero-order valence-electron chi connectivity index (χ0n) is 6.30. The highest BCUT2D eigenvalue weighted by atomic mass is 32.2. The van der Waals surface area contributed by atoms with Crippen LogP contribution in [-0.2, 0) is 4.79 Å². The molecule has 0 aromatic rings. The largest absolute Gasteiger partial charge is 0.477 e. The molecule has 4 nitrogen and oxygen atoms in total. The van der Waals surface area contributed by atoms with Gasteiger partial charge in [0.1, 0.15) is 0 Å². The van der Waals surface area contributed by atoms with Crippen LogP contribution in [0, 0.1) is 0 Å². The van der Waals surface area contributed by atoms with Gasteiger partial charge in [-0.15, -0.1) is 0 Å². The van der Waals surface area contributed by atoms with Crippen LogP contribution in [0.2, 0.25) is 0 Å². The molecule has 0 saturated heterocycles. The molecule has 0 atom stereocenters. The molecule has 1 N–H and O–H groups in total. The van der Waals surface area contributed by atoms with Crippen LogP contribution in [0.25, 0.3) is 0 Å². The van der Waals surface area contributed by atoms with Gasteiger partial charge in [0.25, 0.3) is 0 Å². The predicted molar refractivity (Wildman–Crippen MR) is 50.0 cm³/mol. The van der Waals surface area contributed by atoms with Gasteiger partial charge in [0, 0.05) is 12.4 Å². The summed E-state index contributed by atoms with van der Waals surface area (Å²) in [4.78, 5) is 18.7. The Kier molecular flexibility index (Phi) is 3.53. The molecule has 0 aromatic carbocycles. The lowest BCUT2D eigenvalue weighted by Crippen LogP contribution is -1.97. The third kappa shape index (κ3) is 2.87. The average molecular weight is 184 g/mol. The average Bonchev–Trinajstić information content (AvgIpc) is 2.15. The van der Waals surface area contributed by atoms with Gasteiger partial charge < -0.3 is 5.11 Å². The Morgan fingerprint density at radius 3 is 3.00 bits per heavy atom. The van der Waals surface area contributed by atoms with Gasteiger partial charge in [-0.1, -0.05) is 11.8 Å². The van der Waals surface area contributed by atoms with Crippen molar-refractivity contribution in [3.05, 3.63) is 11.0 Å². The number of carboxylic acid groups (broad SMARTS) is 1. The molecule has 0 spiro atoms. The van der Waals surface area contributed by atoms with Crippen molar-refractivity contribution < 1.29 is 9.90 Å². The maximum Gasteiger partial charge on any atom is 0.341 e. The Balaban J connectivity index is 2.67. The monoisotopic (exact) mass is 184 g/mol. The highest BCUT2D eigenvalue weighted by Gasteiger charge is 2.06. The zero-order valence-corrected chi connectivity index (χ0v) is 7.12. The molecule has 0 aliphatic carbocycles. The molecule has 0 amide bonds. The molecule has 1 aliphatic heterocycles. The van der Waals surface area contributed by atoms with E-state index < -0.39 is 5.97 Å². The Bertz CT molecular complexity index is 258. The minimum absolute atomic E-state index is 0.311. The standard InChI is InChI=1S/C7H8N2O2S/c10-7(11)6-1-2-8-3-4-9-5-12-6/h1,3-4H,2,5H2,(H,10,11)/b6-1-,8-3?,9-4-. The van der Waals surface area contributed by atoms with Crippen LogP contribution >= 0.6 is 11.8 Å². The third-order valence-corrected chi connectivity index (χ3v) is 2.10. The van der Waals surface area contributed by atoms with Crippen molar-refractivity contribution in [2.45, 2.75) is 0 Å². The number of carbonyl (C=O) groups is 1. The number of rotatable bonds is 1. The van der Waals surface area contributed by atoms with E-state index in [9.17, 15) is 4.79 Å². The quantitative estimate of drug-likeness (QED) is 0.655. The minimum Gasteiger partial charge on any atom is -0.477 e. The summed E-state index contributed by atoms with van der Waals surface area (Å²) in [5.41, 5.74) is 0. The van der Waals surface area contributed by atoms with E-state index in [1.807, 2.05) is 0 Å². The van der Waals surface area contributed by atoms with E-state index in [4.69, 9.17) is 5.11 Å². The molecule has 5 heteroatoms. The summed E-state index contributed by atoms with van der Waals surface area (Å²) < 4.78 is 0. The lowest BCUT2D eigenvalue weighted by molar-refractivity contribution is -0.131. The number of nitrogens with zero attached hydrogens (tertiary/aromatic N) is 2. The van der Waals surface area contributed by atoms with Crippen LogP contribution in [0.15, 0.2) is 21.0 Å². The summed E-state index contributed by atoms with van der Waals surface area (Å²) in [6.07, 6.45) is 4.73. The second-order valence-corrected chi connectivity index (χ2v) is 2.98. The number of aliphatic imine (C=N–C) groups is 2. The molecule has 1 aliphatic rings. The van der Waals surface area contributed by atoms with Gasteiger partial charge >= 0.3 is 5.97 Å². The van der Waals surface area contributed by atoms with Gasteiger partial charge in [0.2, 0.25) is 0 Å². The fraction of sp³-hybridized carbons (Fsp3) is 0.286. The highest BCUT2D eigenvalue weighted by Crippen LogP contribution is 2.15. The first-order valence-electron chi connectivity index (χ1n) is 3.35. The number of aliphatic carboxylic acids is 1. The number of carboxylic acids is 1. The van der Waals surface area contributed by atoms with Crippen molar-refractivity contribution in [2.24, 2.45) is 9.98 Å². The van der Waals surface area contributed by atoms with E-state index in [1.54, 1.807) is 18.5 Å². The van der Waals surface area contributed by atoms with E-state index >= 15 is 0 Å². The van der Waals surface area contributed by atoms with Gasteiger partial charge in [0.05, 0.1) is 17.3 Å². The van der Waals surface area contributed by atoms with Gasteiger partial charge in [0.15, 0.2) is 0 Å². The molecular weight excluding hydrogens is 176 g/mol. The molecule has 0 unspecified atom stereocenters. The number of thioether (sulfide) groups is 1.